The molecule has 4 aliphatic rings. The second-order valence-corrected chi connectivity index (χ2v) is 7.19. The fourth-order valence-corrected chi connectivity index (χ4v) is 5.25. The van der Waals surface area contributed by atoms with Gasteiger partial charge in [-0.05, 0) is 55.8 Å². The Balaban J connectivity index is 1.72. The third-order valence-electron chi connectivity index (χ3n) is 5.65. The molecular weight excluding hydrogens is 236 g/mol. The minimum absolute atomic E-state index is 0.600. The van der Waals surface area contributed by atoms with Gasteiger partial charge >= 0.3 is 0 Å². The molecule has 1 aromatic heterocycles. The van der Waals surface area contributed by atoms with Crippen molar-refractivity contribution in [2.24, 2.45) is 23.7 Å². The molecule has 4 nitrogen and oxygen atoms in total. The van der Waals surface area contributed by atoms with Crippen LogP contribution in [0.3, 0.4) is 0 Å². The number of rotatable bonds is 2. The van der Waals surface area contributed by atoms with E-state index in [1.54, 1.807) is 0 Å². The molecule has 0 spiro atoms. The lowest BCUT2D eigenvalue weighted by Crippen LogP contribution is -2.46. The molecule has 4 bridgehead atoms. The monoisotopic (exact) mass is 260 g/mol. The Labute approximate surface area is 115 Å². The van der Waals surface area contributed by atoms with Crippen molar-refractivity contribution in [3.8, 4) is 0 Å². The molecule has 1 heterocycles. The molecule has 0 unspecified atom stereocenters. The quantitative estimate of drug-likeness (QED) is 0.889. The molecule has 104 valence electrons. The van der Waals surface area contributed by atoms with Crippen molar-refractivity contribution in [3.63, 3.8) is 0 Å². The summed E-state index contributed by atoms with van der Waals surface area (Å²) in [4.78, 5) is 2.15. The average molecular weight is 260 g/mol. The van der Waals surface area contributed by atoms with Gasteiger partial charge in [0.1, 0.15) is 11.6 Å². The summed E-state index contributed by atoms with van der Waals surface area (Å²) in [5.41, 5.74) is 5.95. The number of nitrogen functional groups attached to an aromatic ring is 1. The normalized spacial score (nSPS) is 39.8. The lowest BCUT2D eigenvalue weighted by molar-refractivity contribution is -0.0329. The van der Waals surface area contributed by atoms with Gasteiger partial charge in [-0.2, -0.15) is 5.10 Å². The van der Waals surface area contributed by atoms with E-state index >= 15 is 0 Å². The Morgan fingerprint density at radius 2 is 1.68 bits per heavy atom. The van der Waals surface area contributed by atoms with E-state index < -0.39 is 0 Å². The van der Waals surface area contributed by atoms with Crippen LogP contribution in [0.5, 0.6) is 0 Å². The van der Waals surface area contributed by atoms with E-state index in [0.717, 1.165) is 23.7 Å². The van der Waals surface area contributed by atoms with E-state index in [1.165, 1.54) is 37.9 Å². The van der Waals surface area contributed by atoms with Gasteiger partial charge in [0.2, 0.25) is 0 Å². The number of anilines is 2. The first-order valence-corrected chi connectivity index (χ1v) is 7.64. The van der Waals surface area contributed by atoms with E-state index in [4.69, 9.17) is 5.73 Å². The molecule has 4 aliphatic carbocycles. The van der Waals surface area contributed by atoms with E-state index in [2.05, 4.69) is 28.8 Å². The Bertz CT molecular complexity index is 462. The highest BCUT2D eigenvalue weighted by molar-refractivity contribution is 5.47. The maximum absolute atomic E-state index is 5.95. The third kappa shape index (κ3) is 1.68. The molecule has 0 radical (unpaired) electrons. The molecule has 19 heavy (non-hydrogen) atoms. The standard InChI is InChI=1S/C15H24N4/c1-18(2)14-8-13(16)17-19(14)15-11-4-9-3-10(6-11)7-12(15)5-9/h8-12,15H,3-7H2,1-2H3,(H2,16,17). The van der Waals surface area contributed by atoms with Crippen LogP contribution < -0.4 is 10.6 Å². The van der Waals surface area contributed by atoms with E-state index in [-0.39, 0.29) is 0 Å². The summed E-state index contributed by atoms with van der Waals surface area (Å²) in [5, 5.41) is 4.63. The SMILES string of the molecule is CN(C)c1cc(N)nn1C1C2CC3CC(C2)CC1C3. The van der Waals surface area contributed by atoms with Crippen LogP contribution in [0.15, 0.2) is 6.07 Å². The highest BCUT2D eigenvalue weighted by Crippen LogP contribution is 2.58. The van der Waals surface area contributed by atoms with Gasteiger partial charge in [0, 0.05) is 20.2 Å². The van der Waals surface area contributed by atoms with Gasteiger partial charge in [0.25, 0.3) is 0 Å². The Kier molecular flexibility index (Phi) is 2.39. The van der Waals surface area contributed by atoms with Crippen LogP contribution in [0.4, 0.5) is 11.6 Å². The molecule has 0 atom stereocenters. The zero-order valence-electron chi connectivity index (χ0n) is 11.9. The summed E-state index contributed by atoms with van der Waals surface area (Å²) in [5.74, 6) is 5.54. The van der Waals surface area contributed by atoms with Crippen LogP contribution in [-0.4, -0.2) is 23.9 Å². The molecule has 0 aromatic carbocycles. The van der Waals surface area contributed by atoms with Crippen LogP contribution in [0.1, 0.15) is 38.1 Å². The minimum atomic E-state index is 0.600. The molecule has 4 fully saturated rings. The molecule has 5 rings (SSSR count). The Morgan fingerprint density at radius 3 is 2.21 bits per heavy atom. The molecular formula is C15H24N4. The van der Waals surface area contributed by atoms with Crippen molar-refractivity contribution in [2.75, 3.05) is 24.7 Å². The molecule has 2 N–H and O–H groups in total. The maximum atomic E-state index is 5.95. The number of nitrogens with zero attached hydrogens (tertiary/aromatic N) is 3. The van der Waals surface area contributed by atoms with Crippen LogP contribution in [0.2, 0.25) is 0 Å². The second-order valence-electron chi connectivity index (χ2n) is 7.19. The van der Waals surface area contributed by atoms with Gasteiger partial charge in [-0.1, -0.05) is 0 Å². The molecule has 0 aliphatic heterocycles. The fraction of sp³-hybridized carbons (Fsp3) is 0.800. The van der Waals surface area contributed by atoms with Crippen LogP contribution in [0, 0.1) is 23.7 Å². The topological polar surface area (TPSA) is 47.1 Å². The van der Waals surface area contributed by atoms with Crippen LogP contribution >= 0.6 is 0 Å². The fourth-order valence-electron chi connectivity index (χ4n) is 5.25. The highest BCUT2D eigenvalue weighted by atomic mass is 15.4. The molecule has 1 aromatic rings. The van der Waals surface area contributed by atoms with Gasteiger partial charge < -0.3 is 10.6 Å². The lowest BCUT2D eigenvalue weighted by Gasteiger charge is -2.54. The first-order chi connectivity index (χ1) is 9.11. The van der Waals surface area contributed by atoms with Crippen molar-refractivity contribution in [1.29, 1.82) is 0 Å². The molecule has 0 amide bonds. The van der Waals surface area contributed by atoms with Gasteiger partial charge in [0.05, 0.1) is 6.04 Å². The van der Waals surface area contributed by atoms with Crippen molar-refractivity contribution in [2.45, 2.75) is 38.1 Å². The number of hydrogen-bond acceptors (Lipinski definition) is 3. The first kappa shape index (κ1) is 11.6. The zero-order chi connectivity index (χ0) is 13.1. The minimum Gasteiger partial charge on any atom is -0.382 e. The largest absolute Gasteiger partial charge is 0.382 e. The summed E-state index contributed by atoms with van der Waals surface area (Å²) in [6.07, 6.45) is 7.19. The summed E-state index contributed by atoms with van der Waals surface area (Å²) in [6, 6.07) is 2.62. The van der Waals surface area contributed by atoms with Crippen LogP contribution in [0.25, 0.3) is 0 Å². The Morgan fingerprint density at radius 1 is 1.11 bits per heavy atom. The predicted octanol–water partition coefficient (Wildman–Crippen LogP) is 2.53. The molecule has 4 heteroatoms. The van der Waals surface area contributed by atoms with Crippen molar-refractivity contribution in [1.82, 2.24) is 9.78 Å². The van der Waals surface area contributed by atoms with Gasteiger partial charge in [0.15, 0.2) is 0 Å². The zero-order valence-corrected chi connectivity index (χ0v) is 11.9. The average Bonchev–Trinajstić information content (AvgIpc) is 2.70. The number of hydrogen-bond donors (Lipinski definition) is 1. The highest BCUT2D eigenvalue weighted by Gasteiger charge is 2.49. The van der Waals surface area contributed by atoms with Crippen molar-refractivity contribution >= 4 is 11.6 Å². The smallest absolute Gasteiger partial charge is 0.147 e. The van der Waals surface area contributed by atoms with E-state index in [9.17, 15) is 0 Å². The summed E-state index contributed by atoms with van der Waals surface area (Å²) in [7, 11) is 4.17. The summed E-state index contributed by atoms with van der Waals surface area (Å²) in [6.45, 7) is 0. The van der Waals surface area contributed by atoms with E-state index in [0.29, 0.717) is 11.9 Å². The second kappa shape index (κ2) is 3.90. The number of aromatic nitrogens is 2. The summed E-state index contributed by atoms with van der Waals surface area (Å²) < 4.78 is 2.25. The molecule has 4 saturated carbocycles. The maximum Gasteiger partial charge on any atom is 0.147 e. The van der Waals surface area contributed by atoms with Gasteiger partial charge in [-0.25, -0.2) is 4.68 Å². The van der Waals surface area contributed by atoms with E-state index in [1.807, 2.05) is 6.07 Å². The summed E-state index contributed by atoms with van der Waals surface area (Å²) >= 11 is 0. The predicted molar refractivity (Wildman–Crippen MR) is 77.0 cm³/mol. The van der Waals surface area contributed by atoms with Gasteiger partial charge in [-0.15, -0.1) is 0 Å². The Hall–Kier alpha value is -1.19. The van der Waals surface area contributed by atoms with Crippen LogP contribution in [-0.2, 0) is 0 Å². The third-order valence-corrected chi connectivity index (χ3v) is 5.65. The van der Waals surface area contributed by atoms with Gasteiger partial charge in [-0.3, -0.25) is 0 Å². The van der Waals surface area contributed by atoms with Crippen molar-refractivity contribution in [3.05, 3.63) is 6.07 Å². The lowest BCUT2D eigenvalue weighted by atomic mass is 9.54. The first-order valence-electron chi connectivity index (χ1n) is 7.64. The van der Waals surface area contributed by atoms with Crippen molar-refractivity contribution < 1.29 is 0 Å². The number of nitrogens with two attached hydrogens (primary N) is 1. The molecule has 0 saturated heterocycles.